The van der Waals surface area contributed by atoms with E-state index in [0.29, 0.717) is 6.61 Å². The van der Waals surface area contributed by atoms with Crippen molar-refractivity contribution >= 4 is 31.9 Å². The van der Waals surface area contributed by atoms with E-state index in [1.807, 2.05) is 18.2 Å². The van der Waals surface area contributed by atoms with Crippen LogP contribution in [-0.4, -0.2) is 33.4 Å². The van der Waals surface area contributed by atoms with Gasteiger partial charge in [0, 0.05) is 24.7 Å². The Labute approximate surface area is 119 Å². The molecule has 0 spiro atoms. The van der Waals surface area contributed by atoms with Gasteiger partial charge in [-0.05, 0) is 47.1 Å². The Kier molecular flexibility index (Phi) is 7.84. The highest BCUT2D eigenvalue weighted by molar-refractivity contribution is 9.11. The van der Waals surface area contributed by atoms with Crippen LogP contribution >= 0.6 is 31.9 Å². The molecule has 0 aliphatic heterocycles. The quantitative estimate of drug-likeness (QED) is 0.716. The van der Waals surface area contributed by atoms with Crippen molar-refractivity contribution in [2.75, 3.05) is 33.4 Å². The number of hydrogen-bond acceptors (Lipinski definition) is 3. The summed E-state index contributed by atoms with van der Waals surface area (Å²) in [5.74, 6) is 0.867. The van der Waals surface area contributed by atoms with Crippen molar-refractivity contribution in [1.82, 2.24) is 5.32 Å². The second-order valence-electron chi connectivity index (χ2n) is 3.52. The monoisotopic (exact) mass is 365 g/mol. The molecule has 0 aliphatic rings. The van der Waals surface area contributed by atoms with E-state index in [4.69, 9.17) is 9.47 Å². The molecule has 96 valence electrons. The fourth-order valence-electron chi connectivity index (χ4n) is 1.29. The molecule has 0 saturated carbocycles. The van der Waals surface area contributed by atoms with Gasteiger partial charge < -0.3 is 14.8 Å². The molecular formula is C12H17Br2NO2. The minimum Gasteiger partial charge on any atom is -0.491 e. The summed E-state index contributed by atoms with van der Waals surface area (Å²) in [4.78, 5) is 0. The van der Waals surface area contributed by atoms with E-state index in [2.05, 4.69) is 37.2 Å². The largest absolute Gasteiger partial charge is 0.491 e. The first-order valence-corrected chi connectivity index (χ1v) is 7.10. The highest BCUT2D eigenvalue weighted by Gasteiger charge is 2.00. The number of ether oxygens (including phenoxy) is 2. The van der Waals surface area contributed by atoms with Crippen molar-refractivity contribution in [3.8, 4) is 5.75 Å². The lowest BCUT2D eigenvalue weighted by atomic mass is 10.3. The predicted octanol–water partition coefficient (Wildman–Crippen LogP) is 3.22. The first kappa shape index (κ1) is 15.0. The van der Waals surface area contributed by atoms with Crippen LogP contribution in [0.1, 0.15) is 6.42 Å². The van der Waals surface area contributed by atoms with Crippen LogP contribution < -0.4 is 10.1 Å². The fraction of sp³-hybridized carbons (Fsp3) is 0.500. The molecule has 0 atom stereocenters. The zero-order valence-corrected chi connectivity index (χ0v) is 13.0. The van der Waals surface area contributed by atoms with E-state index in [9.17, 15) is 0 Å². The third kappa shape index (κ3) is 6.41. The molecular weight excluding hydrogens is 350 g/mol. The Morgan fingerprint density at radius 3 is 2.71 bits per heavy atom. The molecule has 1 aromatic rings. The van der Waals surface area contributed by atoms with Crippen molar-refractivity contribution in [2.24, 2.45) is 0 Å². The minimum absolute atomic E-state index is 0.660. The van der Waals surface area contributed by atoms with Crippen LogP contribution in [0.4, 0.5) is 0 Å². The molecule has 1 aromatic carbocycles. The predicted molar refractivity (Wildman–Crippen MR) is 76.7 cm³/mol. The number of hydrogen-bond donors (Lipinski definition) is 1. The first-order valence-electron chi connectivity index (χ1n) is 5.51. The Hall–Kier alpha value is -0.100. The average molecular weight is 367 g/mol. The van der Waals surface area contributed by atoms with E-state index in [1.165, 1.54) is 0 Å². The van der Waals surface area contributed by atoms with Crippen molar-refractivity contribution in [1.29, 1.82) is 0 Å². The Morgan fingerprint density at radius 1 is 1.18 bits per heavy atom. The van der Waals surface area contributed by atoms with Crippen LogP contribution in [0.15, 0.2) is 27.1 Å². The number of methoxy groups -OCH3 is 1. The maximum absolute atomic E-state index is 5.64. The fourth-order valence-corrected chi connectivity index (χ4v) is 2.45. The smallest absolute Gasteiger partial charge is 0.133 e. The van der Waals surface area contributed by atoms with Crippen LogP contribution in [0.5, 0.6) is 5.75 Å². The molecule has 0 aromatic heterocycles. The third-order valence-electron chi connectivity index (χ3n) is 2.13. The highest BCUT2D eigenvalue weighted by atomic mass is 79.9. The lowest BCUT2D eigenvalue weighted by Gasteiger charge is -2.09. The van der Waals surface area contributed by atoms with Gasteiger partial charge in [-0.3, -0.25) is 0 Å². The van der Waals surface area contributed by atoms with E-state index in [1.54, 1.807) is 7.11 Å². The lowest BCUT2D eigenvalue weighted by molar-refractivity contribution is 0.193. The van der Waals surface area contributed by atoms with Crippen LogP contribution in [0.3, 0.4) is 0 Å². The van der Waals surface area contributed by atoms with Gasteiger partial charge in [-0.2, -0.15) is 0 Å². The van der Waals surface area contributed by atoms with Gasteiger partial charge in [-0.15, -0.1) is 0 Å². The van der Waals surface area contributed by atoms with Gasteiger partial charge in [0.15, 0.2) is 0 Å². The van der Waals surface area contributed by atoms with E-state index < -0.39 is 0 Å². The number of benzene rings is 1. The SMILES string of the molecule is COCCCNCCOc1ccc(Br)cc1Br. The Morgan fingerprint density at radius 2 is 2.00 bits per heavy atom. The minimum atomic E-state index is 0.660. The summed E-state index contributed by atoms with van der Waals surface area (Å²) in [5.41, 5.74) is 0. The summed E-state index contributed by atoms with van der Waals surface area (Å²) >= 11 is 6.86. The maximum Gasteiger partial charge on any atom is 0.133 e. The van der Waals surface area contributed by atoms with Gasteiger partial charge in [0.05, 0.1) is 4.47 Å². The normalized spacial score (nSPS) is 10.5. The molecule has 0 bridgehead atoms. The number of nitrogens with one attached hydrogen (secondary N) is 1. The second-order valence-corrected chi connectivity index (χ2v) is 5.29. The first-order chi connectivity index (χ1) is 8.24. The van der Waals surface area contributed by atoms with Gasteiger partial charge >= 0.3 is 0 Å². The molecule has 0 aliphatic carbocycles. The molecule has 1 N–H and O–H groups in total. The van der Waals surface area contributed by atoms with Crippen LogP contribution in [0, 0.1) is 0 Å². The second kappa shape index (κ2) is 8.91. The molecule has 0 amide bonds. The Bertz CT molecular complexity index is 334. The molecule has 0 saturated heterocycles. The van der Waals surface area contributed by atoms with E-state index in [-0.39, 0.29) is 0 Å². The van der Waals surface area contributed by atoms with E-state index in [0.717, 1.165) is 40.8 Å². The zero-order chi connectivity index (χ0) is 12.5. The summed E-state index contributed by atoms with van der Waals surface area (Å²) in [6.07, 6.45) is 1.03. The highest BCUT2D eigenvalue weighted by Crippen LogP contribution is 2.27. The van der Waals surface area contributed by atoms with Crippen LogP contribution in [0.2, 0.25) is 0 Å². The molecule has 1 rings (SSSR count). The van der Waals surface area contributed by atoms with Crippen molar-refractivity contribution in [3.05, 3.63) is 27.1 Å². The summed E-state index contributed by atoms with van der Waals surface area (Å²) in [7, 11) is 1.72. The maximum atomic E-state index is 5.64. The summed E-state index contributed by atoms with van der Waals surface area (Å²) in [6.45, 7) is 3.25. The number of halogens is 2. The number of rotatable bonds is 8. The molecule has 3 nitrogen and oxygen atoms in total. The van der Waals surface area contributed by atoms with Gasteiger partial charge in [0.25, 0.3) is 0 Å². The molecule has 0 heterocycles. The molecule has 0 fully saturated rings. The van der Waals surface area contributed by atoms with Crippen molar-refractivity contribution < 1.29 is 9.47 Å². The van der Waals surface area contributed by atoms with Gasteiger partial charge in [-0.1, -0.05) is 15.9 Å². The van der Waals surface area contributed by atoms with Gasteiger partial charge in [0.1, 0.15) is 12.4 Å². The zero-order valence-electron chi connectivity index (χ0n) is 9.84. The van der Waals surface area contributed by atoms with Crippen molar-refractivity contribution in [3.63, 3.8) is 0 Å². The average Bonchev–Trinajstić information content (AvgIpc) is 2.30. The lowest BCUT2D eigenvalue weighted by Crippen LogP contribution is -2.22. The molecule has 0 radical (unpaired) electrons. The summed E-state index contributed by atoms with van der Waals surface area (Å²) in [5, 5.41) is 3.29. The van der Waals surface area contributed by atoms with Gasteiger partial charge in [-0.25, -0.2) is 0 Å². The van der Waals surface area contributed by atoms with Crippen LogP contribution in [-0.2, 0) is 4.74 Å². The molecule has 17 heavy (non-hydrogen) atoms. The van der Waals surface area contributed by atoms with Crippen LogP contribution in [0.25, 0.3) is 0 Å². The summed E-state index contributed by atoms with van der Waals surface area (Å²) < 4.78 is 12.6. The van der Waals surface area contributed by atoms with E-state index >= 15 is 0 Å². The third-order valence-corrected chi connectivity index (χ3v) is 3.25. The molecule has 5 heteroatoms. The Balaban J connectivity index is 2.14. The summed E-state index contributed by atoms with van der Waals surface area (Å²) in [6, 6.07) is 5.88. The van der Waals surface area contributed by atoms with Gasteiger partial charge in [0.2, 0.25) is 0 Å². The topological polar surface area (TPSA) is 30.5 Å². The molecule has 0 unspecified atom stereocenters. The standard InChI is InChI=1S/C12H17Br2NO2/c1-16-7-2-5-15-6-8-17-12-4-3-10(13)9-11(12)14/h3-4,9,15H,2,5-8H2,1H3. The van der Waals surface area contributed by atoms with Crippen molar-refractivity contribution in [2.45, 2.75) is 6.42 Å².